The van der Waals surface area contributed by atoms with Crippen molar-refractivity contribution in [2.45, 2.75) is 43.9 Å². The van der Waals surface area contributed by atoms with Gasteiger partial charge in [-0.2, -0.15) is 0 Å². The number of hydrogen-bond acceptors (Lipinski definition) is 4. The molecule has 0 saturated carbocycles. The van der Waals surface area contributed by atoms with Crippen LogP contribution in [0.2, 0.25) is 0 Å². The van der Waals surface area contributed by atoms with Gasteiger partial charge < -0.3 is 15.0 Å². The highest BCUT2D eigenvalue weighted by atomic mass is 32.2. The minimum atomic E-state index is -3.79. The fourth-order valence-electron chi connectivity index (χ4n) is 2.85. The molecule has 1 aliphatic heterocycles. The zero-order valence-corrected chi connectivity index (χ0v) is 14.4. The van der Waals surface area contributed by atoms with Crippen LogP contribution in [0.4, 0.5) is 5.69 Å². The van der Waals surface area contributed by atoms with Crippen molar-refractivity contribution < 1.29 is 22.8 Å². The number of hydrogen-bond donors (Lipinski definition) is 3. The van der Waals surface area contributed by atoms with E-state index in [-0.39, 0.29) is 29.1 Å². The number of rotatable bonds is 4. The fraction of sp³-hybridized carbons (Fsp3) is 0.533. The molecule has 128 valence electrons. The zero-order valence-electron chi connectivity index (χ0n) is 13.6. The molecule has 1 unspecified atom stereocenters. The molecule has 0 aromatic heterocycles. The fourth-order valence-corrected chi connectivity index (χ4v) is 3.41. The third kappa shape index (κ3) is 4.74. The molecule has 1 aromatic rings. The molecule has 4 atom stereocenters. The van der Waals surface area contributed by atoms with Gasteiger partial charge in [-0.15, -0.1) is 0 Å². The van der Waals surface area contributed by atoms with Crippen LogP contribution in [0.1, 0.15) is 20.8 Å². The van der Waals surface area contributed by atoms with Crippen molar-refractivity contribution in [2.24, 2.45) is 5.14 Å². The number of carbonyl (C=O) groups is 1. The van der Waals surface area contributed by atoms with Gasteiger partial charge in [0.15, 0.2) is 6.04 Å². The van der Waals surface area contributed by atoms with Gasteiger partial charge in [0.2, 0.25) is 10.0 Å². The molecular formula is C15H24N3O4S+. The van der Waals surface area contributed by atoms with E-state index in [0.29, 0.717) is 5.69 Å². The molecule has 0 aliphatic carbocycles. The lowest BCUT2D eigenvalue weighted by Crippen LogP contribution is -3.19. The Morgan fingerprint density at radius 1 is 1.35 bits per heavy atom. The number of quaternary nitrogens is 1. The Balaban J connectivity index is 2.07. The molecule has 23 heavy (non-hydrogen) atoms. The van der Waals surface area contributed by atoms with Crippen molar-refractivity contribution in [1.29, 1.82) is 0 Å². The average molecular weight is 342 g/mol. The van der Waals surface area contributed by atoms with Crippen LogP contribution in [0, 0.1) is 0 Å². The lowest BCUT2D eigenvalue weighted by molar-refractivity contribution is -0.928. The molecule has 1 aliphatic rings. The van der Waals surface area contributed by atoms with Gasteiger partial charge in [-0.3, -0.25) is 4.79 Å². The summed E-state index contributed by atoms with van der Waals surface area (Å²) in [7, 11) is -3.79. The van der Waals surface area contributed by atoms with E-state index in [2.05, 4.69) is 5.32 Å². The Bertz CT molecular complexity index is 667. The van der Waals surface area contributed by atoms with Crippen molar-refractivity contribution in [3.8, 4) is 0 Å². The van der Waals surface area contributed by atoms with Gasteiger partial charge >= 0.3 is 0 Å². The van der Waals surface area contributed by atoms with Gasteiger partial charge in [0, 0.05) is 5.69 Å². The van der Waals surface area contributed by atoms with Crippen LogP contribution in [0.5, 0.6) is 0 Å². The summed E-state index contributed by atoms with van der Waals surface area (Å²) in [4.78, 5) is 13.6. The Hall–Kier alpha value is -1.48. The summed E-state index contributed by atoms with van der Waals surface area (Å²) in [6.45, 7) is 7.37. The molecule has 1 aromatic carbocycles. The van der Waals surface area contributed by atoms with Gasteiger partial charge in [-0.25, -0.2) is 13.6 Å². The average Bonchev–Trinajstić information content (AvgIpc) is 2.44. The van der Waals surface area contributed by atoms with Gasteiger partial charge in [0.1, 0.15) is 25.3 Å². The second-order valence-electron chi connectivity index (χ2n) is 6.11. The predicted octanol–water partition coefficient (Wildman–Crippen LogP) is -0.647. The Morgan fingerprint density at radius 3 is 2.52 bits per heavy atom. The highest BCUT2D eigenvalue weighted by molar-refractivity contribution is 7.89. The highest BCUT2D eigenvalue weighted by Crippen LogP contribution is 2.14. The van der Waals surface area contributed by atoms with Crippen molar-refractivity contribution in [3.05, 3.63) is 24.3 Å². The molecule has 8 heteroatoms. The first kappa shape index (κ1) is 17.9. The summed E-state index contributed by atoms with van der Waals surface area (Å²) < 4.78 is 28.4. The Labute approximate surface area is 136 Å². The number of sulfonamides is 1. The van der Waals surface area contributed by atoms with E-state index in [1.807, 2.05) is 20.8 Å². The topological polar surface area (TPSA) is 103 Å². The third-order valence-corrected chi connectivity index (χ3v) is 4.91. The first-order chi connectivity index (χ1) is 10.7. The quantitative estimate of drug-likeness (QED) is 0.677. The van der Waals surface area contributed by atoms with Crippen molar-refractivity contribution >= 4 is 21.6 Å². The molecule has 1 fully saturated rings. The maximum Gasteiger partial charge on any atom is 0.282 e. The van der Waals surface area contributed by atoms with Gasteiger partial charge in [0.05, 0.1) is 4.90 Å². The van der Waals surface area contributed by atoms with E-state index >= 15 is 0 Å². The SMILES string of the molecule is C[C@@H]1C[NH+]([C@@H](C)C(=O)Nc2cccc(S(N)(=O)=O)c2)C[C@H](C)O1. The molecule has 0 bridgehead atoms. The van der Waals surface area contributed by atoms with E-state index in [4.69, 9.17) is 9.88 Å². The largest absolute Gasteiger partial charge is 0.364 e. The minimum absolute atomic E-state index is 0.0242. The molecule has 1 saturated heterocycles. The molecule has 0 spiro atoms. The molecule has 1 heterocycles. The van der Waals surface area contributed by atoms with Gasteiger partial charge in [-0.1, -0.05) is 6.07 Å². The zero-order chi connectivity index (χ0) is 17.2. The molecular weight excluding hydrogens is 318 g/mol. The van der Waals surface area contributed by atoms with Crippen molar-refractivity contribution in [2.75, 3.05) is 18.4 Å². The van der Waals surface area contributed by atoms with Crippen molar-refractivity contribution in [1.82, 2.24) is 0 Å². The van der Waals surface area contributed by atoms with E-state index in [1.54, 1.807) is 12.1 Å². The summed E-state index contributed by atoms with van der Waals surface area (Å²) in [5.41, 5.74) is 0.419. The van der Waals surface area contributed by atoms with Crippen LogP contribution in [-0.2, 0) is 19.6 Å². The monoisotopic (exact) mass is 342 g/mol. The van der Waals surface area contributed by atoms with Crippen LogP contribution in [0.3, 0.4) is 0 Å². The number of nitrogens with one attached hydrogen (secondary N) is 2. The summed E-state index contributed by atoms with van der Waals surface area (Å²) in [5, 5.41) is 7.87. The first-order valence-corrected chi connectivity index (χ1v) is 9.15. The number of morpholine rings is 1. The highest BCUT2D eigenvalue weighted by Gasteiger charge is 2.32. The lowest BCUT2D eigenvalue weighted by atomic mass is 10.1. The minimum Gasteiger partial charge on any atom is -0.364 e. The maximum absolute atomic E-state index is 12.4. The number of carbonyl (C=O) groups excluding carboxylic acids is 1. The van der Waals surface area contributed by atoms with E-state index in [1.165, 1.54) is 12.1 Å². The number of anilines is 1. The molecule has 7 nitrogen and oxygen atoms in total. The van der Waals surface area contributed by atoms with Crippen LogP contribution in [0.25, 0.3) is 0 Å². The first-order valence-electron chi connectivity index (χ1n) is 7.60. The number of primary sulfonamides is 1. The van der Waals surface area contributed by atoms with Crippen molar-refractivity contribution in [3.63, 3.8) is 0 Å². The number of ether oxygens (including phenoxy) is 1. The Kier molecular flexibility index (Phi) is 5.41. The molecule has 4 N–H and O–H groups in total. The van der Waals surface area contributed by atoms with Crippen LogP contribution in [-0.4, -0.2) is 45.7 Å². The molecule has 0 radical (unpaired) electrons. The van der Waals surface area contributed by atoms with Crippen LogP contribution < -0.4 is 15.4 Å². The molecule has 1 amide bonds. The molecule has 2 rings (SSSR count). The van der Waals surface area contributed by atoms with Gasteiger partial charge in [-0.05, 0) is 39.0 Å². The number of nitrogens with two attached hydrogens (primary N) is 1. The third-order valence-electron chi connectivity index (χ3n) is 4.00. The smallest absolute Gasteiger partial charge is 0.282 e. The van der Waals surface area contributed by atoms with Gasteiger partial charge in [0.25, 0.3) is 5.91 Å². The normalized spacial score (nSPS) is 26.5. The predicted molar refractivity (Wildman–Crippen MR) is 86.6 cm³/mol. The summed E-state index contributed by atoms with van der Waals surface area (Å²) in [6, 6.07) is 5.68. The number of benzene rings is 1. The Morgan fingerprint density at radius 2 is 1.96 bits per heavy atom. The van der Waals surface area contributed by atoms with E-state index < -0.39 is 10.0 Å². The second-order valence-corrected chi connectivity index (χ2v) is 7.67. The van der Waals surface area contributed by atoms with Crippen LogP contribution >= 0.6 is 0 Å². The number of amides is 1. The standard InChI is InChI=1S/C15H23N3O4S/c1-10-8-18(9-11(2)22-10)12(3)15(19)17-13-5-4-6-14(7-13)23(16,20)21/h4-7,10-12H,8-9H2,1-3H3,(H,17,19)(H2,16,20,21)/p+1/t10-,11+,12-/m0/s1. The summed E-state index contributed by atoms with van der Waals surface area (Å²) in [6.07, 6.45) is 0.212. The second kappa shape index (κ2) is 6.96. The lowest BCUT2D eigenvalue weighted by Gasteiger charge is -2.35. The van der Waals surface area contributed by atoms with E-state index in [0.717, 1.165) is 18.0 Å². The van der Waals surface area contributed by atoms with E-state index in [9.17, 15) is 13.2 Å². The summed E-state index contributed by atoms with van der Waals surface area (Å²) in [5.74, 6) is -0.159. The maximum atomic E-state index is 12.4. The summed E-state index contributed by atoms with van der Waals surface area (Å²) >= 11 is 0. The van der Waals surface area contributed by atoms with Crippen LogP contribution in [0.15, 0.2) is 29.2 Å².